The van der Waals surface area contributed by atoms with Gasteiger partial charge < -0.3 is 19.3 Å². The Hall–Kier alpha value is -3.02. The van der Waals surface area contributed by atoms with Gasteiger partial charge in [0.05, 0.1) is 7.11 Å². The van der Waals surface area contributed by atoms with Gasteiger partial charge in [0.25, 0.3) is 0 Å². The number of aromatic hydroxyl groups is 1. The Labute approximate surface area is 221 Å². The smallest absolute Gasteiger partial charge is 0.302 e. The van der Waals surface area contributed by atoms with Gasteiger partial charge in [0.15, 0.2) is 11.5 Å². The zero-order chi connectivity index (χ0) is 26.6. The van der Waals surface area contributed by atoms with Gasteiger partial charge in [0.1, 0.15) is 12.2 Å². The third kappa shape index (κ3) is 9.42. The molecule has 3 rings (SSSR count). The number of aryl methyl sites for hydroxylation is 1. The van der Waals surface area contributed by atoms with E-state index in [0.29, 0.717) is 31.4 Å². The fraction of sp³-hybridized carbons (Fsp3) is 0.548. The highest BCUT2D eigenvalue weighted by Crippen LogP contribution is 2.34. The highest BCUT2D eigenvalue weighted by molar-refractivity contribution is 5.66. The Balaban J connectivity index is 1.76. The summed E-state index contributed by atoms with van der Waals surface area (Å²) in [5.74, 6) is 0.235. The first-order valence-electron chi connectivity index (χ1n) is 13.6. The van der Waals surface area contributed by atoms with Crippen LogP contribution in [-0.2, 0) is 31.9 Å². The molecule has 0 radical (unpaired) electrons. The number of carbonyl (C=O) groups is 2. The summed E-state index contributed by atoms with van der Waals surface area (Å²) < 4.78 is 17.0. The number of phenolic OH excluding ortho intramolecular Hbond substituents is 1. The van der Waals surface area contributed by atoms with E-state index in [1.54, 1.807) is 7.11 Å². The minimum atomic E-state index is -0.371. The van der Waals surface area contributed by atoms with Crippen molar-refractivity contribution in [2.75, 3.05) is 7.11 Å². The van der Waals surface area contributed by atoms with Gasteiger partial charge in [-0.05, 0) is 48.8 Å². The molecule has 0 unspecified atom stereocenters. The maximum Gasteiger partial charge on any atom is 0.302 e. The van der Waals surface area contributed by atoms with E-state index in [1.165, 1.54) is 33.1 Å². The van der Waals surface area contributed by atoms with Crippen LogP contribution in [0.15, 0.2) is 42.5 Å². The average molecular weight is 511 g/mol. The van der Waals surface area contributed by atoms with Gasteiger partial charge in [-0.3, -0.25) is 9.59 Å². The molecule has 0 bridgehead atoms. The van der Waals surface area contributed by atoms with E-state index in [9.17, 15) is 14.7 Å². The van der Waals surface area contributed by atoms with Crippen LogP contribution in [-0.4, -0.2) is 36.4 Å². The number of phenols is 1. The van der Waals surface area contributed by atoms with Gasteiger partial charge in [0.2, 0.25) is 0 Å². The van der Waals surface area contributed by atoms with Crippen LogP contribution in [0.3, 0.4) is 0 Å². The molecule has 202 valence electrons. The highest BCUT2D eigenvalue weighted by Gasteiger charge is 2.29. The molecule has 0 saturated heterocycles. The van der Waals surface area contributed by atoms with Crippen molar-refractivity contribution in [3.63, 3.8) is 0 Å². The van der Waals surface area contributed by atoms with Crippen molar-refractivity contribution >= 4 is 11.9 Å². The lowest BCUT2D eigenvalue weighted by atomic mass is 9.84. The molecule has 1 fully saturated rings. The first-order chi connectivity index (χ1) is 17.9. The number of hydrogen-bond acceptors (Lipinski definition) is 6. The quantitative estimate of drug-likeness (QED) is 0.346. The highest BCUT2D eigenvalue weighted by atomic mass is 16.6. The number of methoxy groups -OCH3 is 1. The van der Waals surface area contributed by atoms with Crippen LogP contribution >= 0.6 is 0 Å². The fourth-order valence-electron chi connectivity index (χ4n) is 5.44. The molecule has 0 amide bonds. The van der Waals surface area contributed by atoms with Gasteiger partial charge >= 0.3 is 11.9 Å². The summed E-state index contributed by atoms with van der Waals surface area (Å²) in [5, 5.41) is 10.7. The maximum atomic E-state index is 12.0. The molecule has 0 spiro atoms. The Kier molecular flexibility index (Phi) is 11.3. The molecule has 1 aliphatic rings. The molecular weight excluding hydrogens is 468 g/mol. The number of carbonyl (C=O) groups excluding carboxylic acids is 2. The second kappa shape index (κ2) is 14.7. The van der Waals surface area contributed by atoms with E-state index in [-0.39, 0.29) is 35.8 Å². The largest absolute Gasteiger partial charge is 0.504 e. The summed E-state index contributed by atoms with van der Waals surface area (Å²) >= 11 is 0. The van der Waals surface area contributed by atoms with Crippen molar-refractivity contribution in [1.82, 2.24) is 0 Å². The van der Waals surface area contributed by atoms with E-state index >= 15 is 0 Å². The Morgan fingerprint density at radius 3 is 2.19 bits per heavy atom. The standard InChI is InChI=1S/C31H42O6/c1-22(32)36-28(21-29(37-23(2)33)26-14-10-5-4-6-11-15-26)17-16-25-19-27(31(34)30(20-25)35-3)18-24-12-8-7-9-13-24/h7-9,12-13,19-20,26,28-29,34H,4-6,10-11,14-18,21H2,1-3H3/t28-,29-/m1/s1. The summed E-state index contributed by atoms with van der Waals surface area (Å²) in [6, 6.07) is 13.8. The molecule has 1 N–H and O–H groups in total. The van der Waals surface area contributed by atoms with E-state index in [4.69, 9.17) is 14.2 Å². The van der Waals surface area contributed by atoms with E-state index in [0.717, 1.165) is 42.4 Å². The molecule has 6 nitrogen and oxygen atoms in total. The molecule has 6 heteroatoms. The molecule has 0 aromatic heterocycles. The summed E-state index contributed by atoms with van der Waals surface area (Å²) in [6.07, 6.45) is 9.70. The minimum absolute atomic E-state index is 0.144. The molecule has 1 aliphatic carbocycles. The third-order valence-electron chi connectivity index (χ3n) is 7.25. The van der Waals surface area contributed by atoms with Gasteiger partial charge in [-0.15, -0.1) is 0 Å². The van der Waals surface area contributed by atoms with Gasteiger partial charge in [-0.25, -0.2) is 0 Å². The van der Waals surface area contributed by atoms with E-state index in [1.807, 2.05) is 42.5 Å². The maximum absolute atomic E-state index is 12.0. The number of hydrogen-bond donors (Lipinski definition) is 1. The van der Waals surface area contributed by atoms with Crippen molar-refractivity contribution in [3.05, 3.63) is 59.2 Å². The predicted octanol–water partition coefficient (Wildman–Crippen LogP) is 6.54. The minimum Gasteiger partial charge on any atom is -0.504 e. The number of ether oxygens (including phenoxy) is 3. The number of rotatable bonds is 11. The Bertz CT molecular complexity index is 994. The van der Waals surface area contributed by atoms with Crippen molar-refractivity contribution in [2.45, 2.75) is 96.7 Å². The second-order valence-electron chi connectivity index (χ2n) is 10.2. The molecule has 2 aromatic rings. The molecule has 2 aromatic carbocycles. The lowest BCUT2D eigenvalue weighted by Crippen LogP contribution is -2.33. The van der Waals surface area contributed by atoms with Gasteiger partial charge in [-0.2, -0.15) is 0 Å². The van der Waals surface area contributed by atoms with Gasteiger partial charge in [0, 0.05) is 32.3 Å². The number of esters is 2. The Morgan fingerprint density at radius 2 is 1.57 bits per heavy atom. The SMILES string of the molecule is COc1cc(CC[C@H](C[C@@H](OC(C)=O)C2CCCCCCC2)OC(C)=O)cc(Cc2ccccc2)c1O. The van der Waals surface area contributed by atoms with Crippen molar-refractivity contribution < 1.29 is 28.9 Å². The molecule has 1 saturated carbocycles. The first-order valence-corrected chi connectivity index (χ1v) is 13.6. The van der Waals surface area contributed by atoms with Crippen molar-refractivity contribution in [2.24, 2.45) is 5.92 Å². The van der Waals surface area contributed by atoms with Crippen molar-refractivity contribution in [3.8, 4) is 11.5 Å². The topological polar surface area (TPSA) is 82.1 Å². The Morgan fingerprint density at radius 1 is 0.919 bits per heavy atom. The van der Waals surface area contributed by atoms with E-state index in [2.05, 4.69) is 0 Å². The van der Waals surface area contributed by atoms with E-state index < -0.39 is 0 Å². The first kappa shape index (κ1) is 28.5. The fourth-order valence-corrected chi connectivity index (χ4v) is 5.44. The molecule has 0 heterocycles. The van der Waals surface area contributed by atoms with Crippen LogP contribution < -0.4 is 4.74 Å². The molecule has 37 heavy (non-hydrogen) atoms. The van der Waals surface area contributed by atoms with Crippen molar-refractivity contribution in [1.29, 1.82) is 0 Å². The van der Waals surface area contributed by atoms with Crippen LogP contribution in [0.25, 0.3) is 0 Å². The molecular formula is C31H42O6. The zero-order valence-electron chi connectivity index (χ0n) is 22.5. The van der Waals surface area contributed by atoms with Crippen LogP contribution in [0.1, 0.15) is 88.3 Å². The number of benzene rings is 2. The zero-order valence-corrected chi connectivity index (χ0v) is 22.5. The van der Waals surface area contributed by atoms with Crippen LogP contribution in [0.5, 0.6) is 11.5 Å². The van der Waals surface area contributed by atoms with Gasteiger partial charge in [-0.1, -0.05) is 68.5 Å². The van der Waals surface area contributed by atoms with Crippen LogP contribution in [0, 0.1) is 5.92 Å². The summed E-state index contributed by atoms with van der Waals surface area (Å²) in [7, 11) is 1.55. The molecule has 0 aliphatic heterocycles. The van der Waals surface area contributed by atoms with Crippen LogP contribution in [0.2, 0.25) is 0 Å². The average Bonchev–Trinajstić information content (AvgIpc) is 2.83. The normalized spacial score (nSPS) is 16.2. The summed E-state index contributed by atoms with van der Waals surface area (Å²) in [4.78, 5) is 23.9. The lowest BCUT2D eigenvalue weighted by molar-refractivity contribution is -0.156. The molecule has 2 atom stereocenters. The monoisotopic (exact) mass is 510 g/mol. The third-order valence-corrected chi connectivity index (χ3v) is 7.25. The summed E-state index contributed by atoms with van der Waals surface area (Å²) in [6.45, 7) is 2.87. The lowest BCUT2D eigenvalue weighted by Gasteiger charge is -2.31. The van der Waals surface area contributed by atoms with Crippen LogP contribution in [0.4, 0.5) is 0 Å². The summed E-state index contributed by atoms with van der Waals surface area (Å²) in [5.41, 5.74) is 2.88. The predicted molar refractivity (Wildman–Crippen MR) is 144 cm³/mol. The second-order valence-corrected chi connectivity index (χ2v) is 10.2.